The average molecular weight is 613 g/mol. The summed E-state index contributed by atoms with van der Waals surface area (Å²) in [6.45, 7) is 7.57. The highest BCUT2D eigenvalue weighted by Gasteiger charge is 2.50. The van der Waals surface area contributed by atoms with Gasteiger partial charge >= 0.3 is 11.9 Å². The Hall–Kier alpha value is -3.80. The average Bonchev–Trinajstić information content (AvgIpc) is 3.04. The van der Waals surface area contributed by atoms with Gasteiger partial charge in [-0.15, -0.1) is 0 Å². The van der Waals surface area contributed by atoms with Crippen molar-refractivity contribution in [3.8, 4) is 0 Å². The molecule has 44 heavy (non-hydrogen) atoms. The fourth-order valence-corrected chi connectivity index (χ4v) is 4.55. The number of aliphatic hydroxyl groups excluding tert-OH is 3. The van der Waals surface area contributed by atoms with Crippen molar-refractivity contribution in [3.63, 3.8) is 0 Å². The number of fused-ring (bicyclic) bond motifs is 2. The van der Waals surface area contributed by atoms with Crippen LogP contribution < -0.4 is 0 Å². The van der Waals surface area contributed by atoms with Crippen LogP contribution in [0.25, 0.3) is 0 Å². The summed E-state index contributed by atoms with van der Waals surface area (Å²) in [6, 6.07) is 0. The third-order valence-electron chi connectivity index (χ3n) is 7.04. The normalized spacial score (nSPS) is 26.8. The van der Waals surface area contributed by atoms with Crippen LogP contribution in [0.5, 0.6) is 0 Å². The lowest BCUT2D eigenvalue weighted by Gasteiger charge is -2.34. The Morgan fingerprint density at radius 2 is 1.48 bits per heavy atom. The Morgan fingerprint density at radius 3 is 2.02 bits per heavy atom. The highest BCUT2D eigenvalue weighted by atomic mass is 17.2. The van der Waals surface area contributed by atoms with Crippen LogP contribution in [-0.4, -0.2) is 74.6 Å². The summed E-state index contributed by atoms with van der Waals surface area (Å²) in [5, 5.41) is 49.3. The summed E-state index contributed by atoms with van der Waals surface area (Å²) < 4.78 is 5.57. The van der Waals surface area contributed by atoms with Gasteiger partial charge in [0.15, 0.2) is 12.2 Å². The molecule has 1 saturated heterocycles. The lowest BCUT2D eigenvalue weighted by atomic mass is 9.91. The molecule has 0 spiro atoms. The Morgan fingerprint density at radius 1 is 0.886 bits per heavy atom. The molecule has 2 aliphatic heterocycles. The van der Waals surface area contributed by atoms with Crippen LogP contribution in [-0.2, 0) is 24.1 Å². The lowest BCUT2D eigenvalue weighted by Crippen LogP contribution is -2.52. The number of ether oxygens (including phenoxy) is 1. The molecule has 2 rings (SSSR count). The van der Waals surface area contributed by atoms with Gasteiger partial charge in [0, 0.05) is 0 Å². The minimum atomic E-state index is -1.51. The van der Waals surface area contributed by atoms with Crippen LogP contribution in [0.3, 0.4) is 0 Å². The molecular weight excluding hydrogens is 568 g/mol. The van der Waals surface area contributed by atoms with Gasteiger partial charge in [-0.3, -0.25) is 0 Å². The van der Waals surface area contributed by atoms with Crippen molar-refractivity contribution in [2.75, 3.05) is 6.61 Å². The lowest BCUT2D eigenvalue weighted by molar-refractivity contribution is -0.355. The van der Waals surface area contributed by atoms with Crippen molar-refractivity contribution in [2.24, 2.45) is 11.8 Å². The molecule has 10 nitrogen and oxygen atoms in total. The third kappa shape index (κ3) is 11.4. The van der Waals surface area contributed by atoms with E-state index < -0.39 is 49.1 Å². The number of hydrogen-bond donors (Lipinski definition) is 5. The molecular formula is C34H44O10. The van der Waals surface area contributed by atoms with E-state index in [1.165, 1.54) is 12.2 Å². The van der Waals surface area contributed by atoms with Crippen LogP contribution in [0.15, 0.2) is 108 Å². The van der Waals surface area contributed by atoms with E-state index in [4.69, 9.17) is 14.5 Å². The zero-order valence-electron chi connectivity index (χ0n) is 25.5. The van der Waals surface area contributed by atoms with Crippen LogP contribution in [0, 0.1) is 11.8 Å². The summed E-state index contributed by atoms with van der Waals surface area (Å²) in [6.07, 6.45) is 19.4. The standard InChI is InChI=1S/C34H44O10/c1-5-22(2)18-24(4)20-25(33(38)39)19-23(3)16-14-12-10-8-6-7-9-11-13-15-17-26-28(34(40)41)31-30(37)32(42-26)29(36)27(21-35)43-44-31/h6-17,19-20,22,24,27,29-32,35-37H,5,18,21H2,1-4H3,(H,38,39)(H,40,41)/b8-6+,9-7+,12-10+,13-11+,16-14+,17-15+,23-19+,25-20-/t22?,24?,27?,29?,30?,31-,32-/m0/s1. The Bertz CT molecular complexity index is 1250. The minimum absolute atomic E-state index is 0.109. The van der Waals surface area contributed by atoms with E-state index in [0.717, 1.165) is 18.4 Å². The zero-order chi connectivity index (χ0) is 32.6. The van der Waals surface area contributed by atoms with Gasteiger partial charge in [0.05, 0.1) is 12.2 Å². The molecule has 2 heterocycles. The van der Waals surface area contributed by atoms with Gasteiger partial charge in [-0.2, -0.15) is 0 Å². The van der Waals surface area contributed by atoms with E-state index in [-0.39, 0.29) is 17.3 Å². The van der Waals surface area contributed by atoms with Gasteiger partial charge in [0.2, 0.25) is 0 Å². The first-order valence-corrected chi connectivity index (χ1v) is 14.6. The molecule has 0 saturated carbocycles. The van der Waals surface area contributed by atoms with Crippen LogP contribution in [0.4, 0.5) is 0 Å². The zero-order valence-corrected chi connectivity index (χ0v) is 25.5. The van der Waals surface area contributed by atoms with Gasteiger partial charge in [-0.05, 0) is 37.3 Å². The first kappa shape index (κ1) is 36.4. The number of aliphatic carboxylic acids is 2. The summed E-state index contributed by atoms with van der Waals surface area (Å²) in [7, 11) is 0. The maximum absolute atomic E-state index is 11.8. The molecule has 0 aromatic carbocycles. The molecule has 5 unspecified atom stereocenters. The Labute approximate surface area is 258 Å². The molecule has 2 aliphatic rings. The highest BCUT2D eigenvalue weighted by molar-refractivity contribution is 5.90. The SMILES string of the molecule is CCC(C)CC(C)/C=C(/C=C(C)/C=C/C=C/C=C/C=C/C=C/C=C/C1=C(C(=O)O)[C@@H]2OOC(CO)C(O)[C@H](O1)C2O)C(=O)O. The molecule has 0 aliphatic carbocycles. The summed E-state index contributed by atoms with van der Waals surface area (Å²) in [5.41, 5.74) is 0.743. The predicted molar refractivity (Wildman–Crippen MR) is 166 cm³/mol. The monoisotopic (exact) mass is 612 g/mol. The number of rotatable bonds is 15. The summed E-state index contributed by atoms with van der Waals surface area (Å²) in [5.74, 6) is -1.71. The molecule has 0 amide bonds. The fourth-order valence-electron chi connectivity index (χ4n) is 4.55. The molecule has 1 fully saturated rings. The van der Waals surface area contributed by atoms with Crippen molar-refractivity contribution < 1.29 is 49.6 Å². The van der Waals surface area contributed by atoms with Crippen LogP contribution >= 0.6 is 0 Å². The van der Waals surface area contributed by atoms with Crippen LogP contribution in [0.1, 0.15) is 40.5 Å². The first-order valence-electron chi connectivity index (χ1n) is 14.6. The molecule has 0 aromatic rings. The van der Waals surface area contributed by atoms with E-state index in [2.05, 4.69) is 13.8 Å². The number of hydrogen-bond acceptors (Lipinski definition) is 8. The van der Waals surface area contributed by atoms with Crippen molar-refractivity contribution in [1.82, 2.24) is 0 Å². The van der Waals surface area contributed by atoms with Crippen molar-refractivity contribution in [3.05, 3.63) is 108 Å². The van der Waals surface area contributed by atoms with E-state index in [9.17, 15) is 35.1 Å². The van der Waals surface area contributed by atoms with Crippen molar-refractivity contribution in [2.45, 2.75) is 71.1 Å². The van der Waals surface area contributed by atoms with Gasteiger partial charge in [-0.1, -0.05) is 106 Å². The molecule has 0 radical (unpaired) electrons. The number of carbonyl (C=O) groups is 2. The fraction of sp³-hybridized carbons (Fsp3) is 0.412. The highest BCUT2D eigenvalue weighted by Crippen LogP contribution is 2.34. The maximum atomic E-state index is 11.8. The first-order chi connectivity index (χ1) is 21.0. The van der Waals surface area contributed by atoms with Crippen molar-refractivity contribution >= 4 is 11.9 Å². The maximum Gasteiger partial charge on any atom is 0.338 e. The topological polar surface area (TPSA) is 163 Å². The molecule has 240 valence electrons. The van der Waals surface area contributed by atoms with E-state index >= 15 is 0 Å². The van der Waals surface area contributed by atoms with Gasteiger partial charge in [0.1, 0.15) is 29.6 Å². The Balaban J connectivity index is 1.93. The Kier molecular flexibility index (Phi) is 15.5. The second-order valence-corrected chi connectivity index (χ2v) is 10.8. The van der Waals surface area contributed by atoms with Gasteiger partial charge in [0.25, 0.3) is 0 Å². The second-order valence-electron chi connectivity index (χ2n) is 10.8. The molecule has 0 aromatic heterocycles. The molecule has 7 atom stereocenters. The number of allylic oxidation sites excluding steroid dienone is 14. The third-order valence-corrected chi connectivity index (χ3v) is 7.04. The second kappa shape index (κ2) is 18.8. The van der Waals surface area contributed by atoms with E-state index in [1.807, 2.05) is 56.4 Å². The summed E-state index contributed by atoms with van der Waals surface area (Å²) >= 11 is 0. The molecule has 2 bridgehead atoms. The van der Waals surface area contributed by atoms with Crippen molar-refractivity contribution in [1.29, 1.82) is 0 Å². The molecule has 10 heteroatoms. The predicted octanol–water partition coefficient (Wildman–Crippen LogP) is 4.50. The van der Waals surface area contributed by atoms with Crippen LogP contribution in [0.2, 0.25) is 0 Å². The summed E-state index contributed by atoms with van der Waals surface area (Å²) in [4.78, 5) is 33.4. The minimum Gasteiger partial charge on any atom is -0.484 e. The van der Waals surface area contributed by atoms with Gasteiger partial charge in [-0.25, -0.2) is 19.4 Å². The van der Waals surface area contributed by atoms with E-state index in [0.29, 0.717) is 11.5 Å². The largest absolute Gasteiger partial charge is 0.484 e. The number of aliphatic hydroxyl groups is 3. The number of carboxylic acids is 2. The molecule has 5 N–H and O–H groups in total. The van der Waals surface area contributed by atoms with Gasteiger partial charge < -0.3 is 30.3 Å². The van der Waals surface area contributed by atoms with E-state index in [1.54, 1.807) is 30.4 Å². The smallest absolute Gasteiger partial charge is 0.338 e. The quantitative estimate of drug-likeness (QED) is 0.101. The number of carboxylic acid groups (broad SMARTS) is 2.